The molecule has 0 aliphatic heterocycles. The van der Waals surface area contributed by atoms with Crippen LogP contribution in [0.15, 0.2) is 28.7 Å². The maximum absolute atomic E-state index is 12.9. The van der Waals surface area contributed by atoms with Crippen molar-refractivity contribution in [2.45, 2.75) is 19.1 Å². The number of halogens is 5. The van der Waals surface area contributed by atoms with Gasteiger partial charge in [-0.05, 0) is 49.4 Å². The van der Waals surface area contributed by atoms with E-state index in [1.165, 1.54) is 17.4 Å². The van der Waals surface area contributed by atoms with Crippen molar-refractivity contribution >= 4 is 38.9 Å². The van der Waals surface area contributed by atoms with Crippen LogP contribution in [0.5, 0.6) is 0 Å². The second-order valence-corrected chi connectivity index (χ2v) is 7.10. The fourth-order valence-electron chi connectivity index (χ4n) is 2.02. The van der Waals surface area contributed by atoms with Crippen LogP contribution in [0.4, 0.5) is 13.2 Å². The van der Waals surface area contributed by atoms with Gasteiger partial charge in [0.25, 0.3) is 0 Å². The SMILES string of the molecule is CNC(c1cc(C)c(Cl)s1)c1cc(C(F)(F)F)ccc1Br. The fourth-order valence-corrected chi connectivity index (χ4v) is 3.84. The Balaban J connectivity index is 2.51. The number of aryl methyl sites for hydroxylation is 1. The minimum absolute atomic E-state index is 0.349. The second-order valence-electron chi connectivity index (χ2n) is 4.56. The number of rotatable bonds is 3. The van der Waals surface area contributed by atoms with Crippen LogP contribution in [0.1, 0.15) is 27.6 Å². The normalized spacial score (nSPS) is 13.5. The number of hydrogen-bond donors (Lipinski definition) is 1. The van der Waals surface area contributed by atoms with Crippen molar-refractivity contribution in [1.29, 1.82) is 0 Å². The van der Waals surface area contributed by atoms with Gasteiger partial charge in [-0.2, -0.15) is 13.2 Å². The molecule has 1 unspecified atom stereocenters. The van der Waals surface area contributed by atoms with E-state index in [1.807, 2.05) is 13.0 Å². The summed E-state index contributed by atoms with van der Waals surface area (Å²) in [5, 5.41) is 3.05. The third-order valence-corrected chi connectivity index (χ3v) is 5.43. The summed E-state index contributed by atoms with van der Waals surface area (Å²) in [7, 11) is 1.71. The van der Waals surface area contributed by atoms with Gasteiger partial charge in [0.05, 0.1) is 15.9 Å². The molecule has 21 heavy (non-hydrogen) atoms. The van der Waals surface area contributed by atoms with Crippen LogP contribution in [0.3, 0.4) is 0 Å². The molecule has 0 amide bonds. The van der Waals surface area contributed by atoms with E-state index in [9.17, 15) is 13.2 Å². The highest BCUT2D eigenvalue weighted by Gasteiger charge is 2.32. The molecular formula is C14H12BrClF3NS. The van der Waals surface area contributed by atoms with Crippen LogP contribution < -0.4 is 5.32 Å². The number of thiophene rings is 1. The van der Waals surface area contributed by atoms with Crippen LogP contribution in [0.25, 0.3) is 0 Å². The molecule has 0 radical (unpaired) electrons. The summed E-state index contributed by atoms with van der Waals surface area (Å²) in [6, 6.07) is 5.19. The average Bonchev–Trinajstić information content (AvgIpc) is 2.71. The fraction of sp³-hybridized carbons (Fsp3) is 0.286. The van der Waals surface area contributed by atoms with E-state index in [4.69, 9.17) is 11.6 Å². The molecule has 1 atom stereocenters. The van der Waals surface area contributed by atoms with Crippen LogP contribution in [-0.4, -0.2) is 7.05 Å². The highest BCUT2D eigenvalue weighted by atomic mass is 79.9. The van der Waals surface area contributed by atoms with Gasteiger partial charge >= 0.3 is 6.18 Å². The van der Waals surface area contributed by atoms with Crippen molar-refractivity contribution in [3.8, 4) is 0 Å². The van der Waals surface area contributed by atoms with Gasteiger partial charge in [-0.3, -0.25) is 0 Å². The molecule has 1 N–H and O–H groups in total. The molecule has 0 saturated heterocycles. The lowest BCUT2D eigenvalue weighted by Crippen LogP contribution is -2.18. The molecule has 0 saturated carbocycles. The summed E-state index contributed by atoms with van der Waals surface area (Å²) in [6.07, 6.45) is -4.36. The first-order valence-electron chi connectivity index (χ1n) is 6.03. The summed E-state index contributed by atoms with van der Waals surface area (Å²) in [5.41, 5.74) is 0.783. The highest BCUT2D eigenvalue weighted by molar-refractivity contribution is 9.10. The van der Waals surface area contributed by atoms with Gasteiger partial charge in [0.15, 0.2) is 0 Å². The number of nitrogens with one attached hydrogen (secondary N) is 1. The van der Waals surface area contributed by atoms with E-state index in [1.54, 1.807) is 7.05 Å². The van der Waals surface area contributed by atoms with E-state index in [2.05, 4.69) is 21.2 Å². The van der Waals surface area contributed by atoms with Crippen molar-refractivity contribution in [2.75, 3.05) is 7.05 Å². The Morgan fingerprint density at radius 1 is 1.29 bits per heavy atom. The highest BCUT2D eigenvalue weighted by Crippen LogP contribution is 2.39. The Bertz CT molecular complexity index is 635. The van der Waals surface area contributed by atoms with Gasteiger partial charge < -0.3 is 5.32 Å². The molecule has 0 aliphatic rings. The van der Waals surface area contributed by atoms with E-state index in [-0.39, 0.29) is 6.04 Å². The molecular weight excluding hydrogens is 387 g/mol. The Morgan fingerprint density at radius 3 is 2.43 bits per heavy atom. The van der Waals surface area contributed by atoms with Gasteiger partial charge in [0.1, 0.15) is 0 Å². The molecule has 114 valence electrons. The van der Waals surface area contributed by atoms with E-state index < -0.39 is 11.7 Å². The molecule has 1 nitrogen and oxygen atoms in total. The minimum atomic E-state index is -4.36. The third kappa shape index (κ3) is 3.62. The first kappa shape index (κ1) is 16.8. The van der Waals surface area contributed by atoms with Crippen molar-refractivity contribution in [2.24, 2.45) is 0 Å². The zero-order chi connectivity index (χ0) is 15.8. The molecule has 0 spiro atoms. The molecule has 2 rings (SSSR count). The molecule has 0 bridgehead atoms. The zero-order valence-electron chi connectivity index (χ0n) is 11.2. The third-order valence-electron chi connectivity index (χ3n) is 3.08. The average molecular weight is 399 g/mol. The van der Waals surface area contributed by atoms with E-state index in [0.29, 0.717) is 14.4 Å². The summed E-state index contributed by atoms with van der Waals surface area (Å²) in [4.78, 5) is 0.875. The largest absolute Gasteiger partial charge is 0.416 e. The van der Waals surface area contributed by atoms with Gasteiger partial charge in [-0.15, -0.1) is 11.3 Å². The lowest BCUT2D eigenvalue weighted by atomic mass is 10.0. The van der Waals surface area contributed by atoms with Crippen molar-refractivity contribution in [3.05, 3.63) is 54.6 Å². The van der Waals surface area contributed by atoms with E-state index in [0.717, 1.165) is 22.6 Å². The maximum Gasteiger partial charge on any atom is 0.416 e. The first-order chi connectivity index (χ1) is 9.74. The minimum Gasteiger partial charge on any atom is -0.309 e. The number of hydrogen-bond acceptors (Lipinski definition) is 2. The van der Waals surface area contributed by atoms with Gasteiger partial charge in [-0.25, -0.2) is 0 Å². The van der Waals surface area contributed by atoms with Gasteiger partial charge in [-0.1, -0.05) is 27.5 Å². The smallest absolute Gasteiger partial charge is 0.309 e. The Hall–Kier alpha value is -0.560. The van der Waals surface area contributed by atoms with E-state index >= 15 is 0 Å². The standard InChI is InChI=1S/C14H12BrClF3NS/c1-7-5-11(21-13(7)16)12(20-2)9-6-8(14(17,18)19)3-4-10(9)15/h3-6,12,20H,1-2H3. The number of alkyl halides is 3. The molecule has 0 fully saturated rings. The predicted octanol–water partition coefficient (Wildman–Crippen LogP) is 5.80. The summed E-state index contributed by atoms with van der Waals surface area (Å²) >= 11 is 10.8. The quantitative estimate of drug-likeness (QED) is 0.689. The zero-order valence-corrected chi connectivity index (χ0v) is 14.3. The maximum atomic E-state index is 12.9. The summed E-state index contributed by atoms with van der Waals surface area (Å²) in [5.74, 6) is 0. The summed E-state index contributed by atoms with van der Waals surface area (Å²) < 4.78 is 39.9. The molecule has 7 heteroatoms. The van der Waals surface area contributed by atoms with Crippen molar-refractivity contribution in [1.82, 2.24) is 5.32 Å². The second kappa shape index (κ2) is 6.28. The lowest BCUT2D eigenvalue weighted by molar-refractivity contribution is -0.137. The van der Waals surface area contributed by atoms with Gasteiger partial charge in [0, 0.05) is 9.35 Å². The van der Waals surface area contributed by atoms with Crippen LogP contribution >= 0.6 is 38.9 Å². The number of benzene rings is 1. The monoisotopic (exact) mass is 397 g/mol. The Labute approximate surface area is 138 Å². The lowest BCUT2D eigenvalue weighted by Gasteiger charge is -2.18. The summed E-state index contributed by atoms with van der Waals surface area (Å²) in [6.45, 7) is 1.87. The van der Waals surface area contributed by atoms with Crippen LogP contribution in [0, 0.1) is 6.92 Å². The van der Waals surface area contributed by atoms with Crippen molar-refractivity contribution < 1.29 is 13.2 Å². The van der Waals surface area contributed by atoms with Crippen LogP contribution in [-0.2, 0) is 6.18 Å². The van der Waals surface area contributed by atoms with Gasteiger partial charge in [0.2, 0.25) is 0 Å². The first-order valence-corrected chi connectivity index (χ1v) is 8.02. The predicted molar refractivity (Wildman–Crippen MR) is 84.1 cm³/mol. The van der Waals surface area contributed by atoms with Crippen molar-refractivity contribution in [3.63, 3.8) is 0 Å². The molecule has 2 aromatic rings. The molecule has 0 aliphatic carbocycles. The molecule has 1 aromatic carbocycles. The molecule has 1 heterocycles. The Morgan fingerprint density at radius 2 is 1.95 bits per heavy atom. The topological polar surface area (TPSA) is 12.0 Å². The molecule has 1 aromatic heterocycles. The Kier molecular flexibility index (Phi) is 5.03. The van der Waals surface area contributed by atoms with Crippen LogP contribution in [0.2, 0.25) is 4.34 Å².